The molecule has 0 spiro atoms. The molecule has 0 saturated carbocycles. The molecule has 3 heterocycles. The van der Waals surface area contributed by atoms with Crippen LogP contribution in [0.1, 0.15) is 12.7 Å². The molecule has 134 valence electrons. The lowest BCUT2D eigenvalue weighted by Gasteiger charge is -2.09. The number of hydrogen-bond donors (Lipinski definition) is 0. The van der Waals surface area contributed by atoms with Crippen LogP contribution in [-0.2, 0) is 12.3 Å². The Labute approximate surface area is 162 Å². The van der Waals surface area contributed by atoms with Gasteiger partial charge in [0, 0.05) is 6.54 Å². The Kier molecular flexibility index (Phi) is 3.95. The zero-order valence-corrected chi connectivity index (χ0v) is 16.1. The number of fused-ring (bicyclic) bond motifs is 4. The normalized spacial score (nSPS) is 11.7. The van der Waals surface area contributed by atoms with E-state index in [1.54, 1.807) is 27.7 Å². The predicted octanol–water partition coefficient (Wildman–Crippen LogP) is 3.97. The predicted molar refractivity (Wildman–Crippen MR) is 110 cm³/mol. The van der Waals surface area contributed by atoms with Crippen LogP contribution in [0.5, 0.6) is 0 Å². The van der Waals surface area contributed by atoms with Gasteiger partial charge < -0.3 is 0 Å². The van der Waals surface area contributed by atoms with E-state index in [1.807, 2.05) is 53.8 Å². The summed E-state index contributed by atoms with van der Waals surface area (Å²) < 4.78 is 5.83. The monoisotopic (exact) mass is 393 g/mol. The van der Waals surface area contributed by atoms with Gasteiger partial charge in [-0.15, -0.1) is 21.5 Å². The summed E-state index contributed by atoms with van der Waals surface area (Å²) in [4.78, 5) is 17.4. The fourth-order valence-corrected chi connectivity index (χ4v) is 5.21. The molecular weight excluding hydrogens is 378 g/mol. The van der Waals surface area contributed by atoms with E-state index in [0.717, 1.165) is 21.2 Å². The van der Waals surface area contributed by atoms with E-state index in [0.29, 0.717) is 23.5 Å². The fraction of sp³-hybridized carbons (Fsp3) is 0.158. The standard InChI is InChI=1S/C19H15N5OS2/c1-2-23-17(25)12-7-3-5-9-14(12)24-16(21-22-18(23)24)11-26-19-20-13-8-4-6-10-15(13)27-19/h3-10H,2,11H2,1H3. The largest absolute Gasteiger partial charge is 0.277 e. The summed E-state index contributed by atoms with van der Waals surface area (Å²) in [7, 11) is 0. The quantitative estimate of drug-likeness (QED) is 0.432. The summed E-state index contributed by atoms with van der Waals surface area (Å²) in [6.07, 6.45) is 0. The fourth-order valence-electron chi connectivity index (χ4n) is 3.23. The van der Waals surface area contributed by atoms with Crippen LogP contribution in [0, 0.1) is 0 Å². The Bertz CT molecular complexity index is 1320. The van der Waals surface area contributed by atoms with Crippen molar-refractivity contribution < 1.29 is 0 Å². The first kappa shape index (κ1) is 16.5. The highest BCUT2D eigenvalue weighted by Gasteiger charge is 2.16. The van der Waals surface area contributed by atoms with Gasteiger partial charge in [0.25, 0.3) is 5.56 Å². The van der Waals surface area contributed by atoms with E-state index < -0.39 is 0 Å². The van der Waals surface area contributed by atoms with Crippen molar-refractivity contribution in [1.29, 1.82) is 0 Å². The summed E-state index contributed by atoms with van der Waals surface area (Å²) >= 11 is 3.32. The van der Waals surface area contributed by atoms with Gasteiger partial charge in [-0.25, -0.2) is 4.98 Å². The van der Waals surface area contributed by atoms with Gasteiger partial charge in [0.1, 0.15) is 5.82 Å². The number of thiazole rings is 1. The van der Waals surface area contributed by atoms with E-state index in [1.165, 1.54) is 4.70 Å². The van der Waals surface area contributed by atoms with Crippen LogP contribution in [0.15, 0.2) is 57.7 Å². The highest BCUT2D eigenvalue weighted by Crippen LogP contribution is 2.31. The molecule has 5 aromatic rings. The van der Waals surface area contributed by atoms with Crippen LogP contribution in [0.25, 0.3) is 26.9 Å². The van der Waals surface area contributed by atoms with E-state index in [9.17, 15) is 4.79 Å². The maximum Gasteiger partial charge on any atom is 0.262 e. The summed E-state index contributed by atoms with van der Waals surface area (Å²) in [6, 6.07) is 15.7. The van der Waals surface area contributed by atoms with Gasteiger partial charge >= 0.3 is 0 Å². The third-order valence-corrected chi connectivity index (χ3v) is 6.67. The Morgan fingerprint density at radius 1 is 1.07 bits per heavy atom. The Hall–Kier alpha value is -2.71. The number of thioether (sulfide) groups is 1. The molecule has 0 bridgehead atoms. The second kappa shape index (κ2) is 6.47. The molecule has 0 aliphatic heterocycles. The lowest BCUT2D eigenvalue weighted by molar-refractivity contribution is 0.735. The smallest absolute Gasteiger partial charge is 0.262 e. The van der Waals surface area contributed by atoms with Crippen LogP contribution in [0.4, 0.5) is 0 Å². The molecule has 0 unspecified atom stereocenters. The molecular formula is C19H15N5OS2. The zero-order valence-electron chi connectivity index (χ0n) is 14.5. The van der Waals surface area contributed by atoms with Gasteiger partial charge in [-0.05, 0) is 31.2 Å². The van der Waals surface area contributed by atoms with Crippen molar-refractivity contribution >= 4 is 50.0 Å². The molecule has 0 saturated heterocycles. The van der Waals surface area contributed by atoms with Crippen molar-refractivity contribution in [3.63, 3.8) is 0 Å². The van der Waals surface area contributed by atoms with Gasteiger partial charge in [0.2, 0.25) is 5.78 Å². The topological polar surface area (TPSA) is 65.1 Å². The summed E-state index contributed by atoms with van der Waals surface area (Å²) in [5.41, 5.74) is 1.83. The summed E-state index contributed by atoms with van der Waals surface area (Å²) in [6.45, 7) is 2.50. The second-order valence-electron chi connectivity index (χ2n) is 6.05. The SMILES string of the molecule is CCn1c(=O)c2ccccc2n2c(CSc3nc4ccccc4s3)nnc12. The number of benzene rings is 2. The first-order valence-corrected chi connectivity index (χ1v) is 10.4. The van der Waals surface area contributed by atoms with Gasteiger partial charge in [-0.2, -0.15) is 0 Å². The first-order chi connectivity index (χ1) is 13.3. The van der Waals surface area contributed by atoms with E-state index in [-0.39, 0.29) is 5.56 Å². The third-order valence-electron chi connectivity index (χ3n) is 4.49. The zero-order chi connectivity index (χ0) is 18.4. The van der Waals surface area contributed by atoms with Gasteiger partial charge in [0.05, 0.1) is 26.9 Å². The van der Waals surface area contributed by atoms with Crippen LogP contribution in [0.2, 0.25) is 0 Å². The molecule has 0 aliphatic rings. The molecule has 5 rings (SSSR count). The second-order valence-corrected chi connectivity index (χ2v) is 8.31. The molecule has 8 heteroatoms. The molecule has 0 atom stereocenters. The number of aryl methyl sites for hydroxylation is 1. The summed E-state index contributed by atoms with van der Waals surface area (Å²) in [5, 5.41) is 9.35. The highest BCUT2D eigenvalue weighted by atomic mass is 32.2. The van der Waals surface area contributed by atoms with Crippen LogP contribution >= 0.6 is 23.1 Å². The minimum absolute atomic E-state index is 0.0293. The van der Waals surface area contributed by atoms with Crippen molar-refractivity contribution in [1.82, 2.24) is 24.1 Å². The number of aromatic nitrogens is 5. The summed E-state index contributed by atoms with van der Waals surface area (Å²) in [5.74, 6) is 2.03. The molecule has 27 heavy (non-hydrogen) atoms. The number of hydrogen-bond acceptors (Lipinski definition) is 6. The van der Waals surface area contributed by atoms with Crippen molar-refractivity contribution in [3.8, 4) is 0 Å². The Morgan fingerprint density at radius 2 is 1.89 bits per heavy atom. The highest BCUT2D eigenvalue weighted by molar-refractivity contribution is 8.00. The number of rotatable bonds is 4. The van der Waals surface area contributed by atoms with E-state index >= 15 is 0 Å². The minimum atomic E-state index is -0.0293. The minimum Gasteiger partial charge on any atom is -0.277 e. The van der Waals surface area contributed by atoms with E-state index in [4.69, 9.17) is 0 Å². The molecule has 0 radical (unpaired) electrons. The van der Waals surface area contributed by atoms with Crippen LogP contribution in [-0.4, -0.2) is 24.1 Å². The maximum absolute atomic E-state index is 12.7. The van der Waals surface area contributed by atoms with Crippen molar-refractivity contribution in [2.45, 2.75) is 23.6 Å². The molecule has 6 nitrogen and oxygen atoms in total. The van der Waals surface area contributed by atoms with Crippen LogP contribution < -0.4 is 5.56 Å². The molecule has 0 amide bonds. The van der Waals surface area contributed by atoms with Gasteiger partial charge in [-0.1, -0.05) is 36.0 Å². The Balaban J connectivity index is 1.61. The van der Waals surface area contributed by atoms with Crippen molar-refractivity contribution in [3.05, 3.63) is 64.7 Å². The van der Waals surface area contributed by atoms with Gasteiger partial charge in [0.15, 0.2) is 4.34 Å². The lowest BCUT2D eigenvalue weighted by Crippen LogP contribution is -2.22. The van der Waals surface area contributed by atoms with Crippen molar-refractivity contribution in [2.24, 2.45) is 0 Å². The third kappa shape index (κ3) is 2.64. The Morgan fingerprint density at radius 3 is 2.74 bits per heavy atom. The molecule has 0 fully saturated rings. The first-order valence-electron chi connectivity index (χ1n) is 8.60. The van der Waals surface area contributed by atoms with Gasteiger partial charge in [-0.3, -0.25) is 13.8 Å². The number of nitrogens with zero attached hydrogens (tertiary/aromatic N) is 5. The van der Waals surface area contributed by atoms with Crippen LogP contribution in [0.3, 0.4) is 0 Å². The molecule has 3 aromatic heterocycles. The number of para-hydroxylation sites is 2. The average molecular weight is 393 g/mol. The van der Waals surface area contributed by atoms with E-state index in [2.05, 4.69) is 21.2 Å². The maximum atomic E-state index is 12.7. The molecule has 0 N–H and O–H groups in total. The molecule has 2 aromatic carbocycles. The lowest BCUT2D eigenvalue weighted by atomic mass is 10.2. The van der Waals surface area contributed by atoms with Crippen molar-refractivity contribution in [2.75, 3.05) is 0 Å². The average Bonchev–Trinajstić information content (AvgIpc) is 3.30. The molecule has 0 aliphatic carbocycles.